The standard InChI is InChI=1S/C21H16Br2Cl2N2O3S/c22-15-5-7-18(8-6-15)31(29,30)27(12-14-4-9-19(24)20(25)10-14)13-21(28)26-17-3-1-2-16(23)11-17/h1-11H,12-13H2,(H,26,28). The number of hydrogen-bond acceptors (Lipinski definition) is 3. The first-order valence-corrected chi connectivity index (χ1v) is 12.7. The quantitative estimate of drug-likeness (QED) is 0.341. The van der Waals surface area contributed by atoms with E-state index in [2.05, 4.69) is 37.2 Å². The van der Waals surface area contributed by atoms with Gasteiger partial charge in [0.05, 0.1) is 21.5 Å². The van der Waals surface area contributed by atoms with E-state index < -0.39 is 15.9 Å². The molecule has 0 bridgehead atoms. The molecule has 3 aromatic rings. The number of nitrogens with zero attached hydrogens (tertiary/aromatic N) is 1. The zero-order chi connectivity index (χ0) is 22.6. The molecule has 3 aromatic carbocycles. The van der Waals surface area contributed by atoms with Crippen LogP contribution in [0.15, 0.2) is 80.6 Å². The van der Waals surface area contributed by atoms with Crippen LogP contribution in [0.4, 0.5) is 5.69 Å². The van der Waals surface area contributed by atoms with Crippen molar-refractivity contribution in [1.29, 1.82) is 0 Å². The zero-order valence-electron chi connectivity index (χ0n) is 15.9. The van der Waals surface area contributed by atoms with E-state index in [1.54, 1.807) is 48.5 Å². The van der Waals surface area contributed by atoms with E-state index in [0.717, 1.165) is 13.3 Å². The minimum atomic E-state index is -3.97. The molecular formula is C21H16Br2Cl2N2O3S. The maximum atomic E-state index is 13.3. The summed E-state index contributed by atoms with van der Waals surface area (Å²) < 4.78 is 29.2. The lowest BCUT2D eigenvalue weighted by Crippen LogP contribution is -2.37. The van der Waals surface area contributed by atoms with Gasteiger partial charge in [-0.1, -0.05) is 67.2 Å². The van der Waals surface area contributed by atoms with Crippen LogP contribution in [0.5, 0.6) is 0 Å². The predicted molar refractivity (Wildman–Crippen MR) is 131 cm³/mol. The summed E-state index contributed by atoms with van der Waals surface area (Å²) in [5, 5.41) is 3.39. The average Bonchev–Trinajstić information content (AvgIpc) is 2.70. The highest BCUT2D eigenvalue weighted by atomic mass is 79.9. The molecule has 0 atom stereocenters. The van der Waals surface area contributed by atoms with Gasteiger partial charge < -0.3 is 5.32 Å². The number of carbonyl (C=O) groups is 1. The molecule has 1 N–H and O–H groups in total. The van der Waals surface area contributed by atoms with Gasteiger partial charge in [0, 0.05) is 21.2 Å². The fourth-order valence-electron chi connectivity index (χ4n) is 2.75. The van der Waals surface area contributed by atoms with Crippen molar-refractivity contribution in [2.75, 3.05) is 11.9 Å². The van der Waals surface area contributed by atoms with Gasteiger partial charge in [-0.3, -0.25) is 4.79 Å². The van der Waals surface area contributed by atoms with Crippen LogP contribution in [0.25, 0.3) is 0 Å². The molecule has 0 saturated heterocycles. The molecular weight excluding hydrogens is 591 g/mol. The Morgan fingerprint density at radius 1 is 0.903 bits per heavy atom. The van der Waals surface area contributed by atoms with Gasteiger partial charge in [0.2, 0.25) is 15.9 Å². The topological polar surface area (TPSA) is 66.5 Å². The number of rotatable bonds is 7. The van der Waals surface area contributed by atoms with Gasteiger partial charge in [0.1, 0.15) is 0 Å². The molecule has 0 fully saturated rings. The molecule has 0 saturated carbocycles. The van der Waals surface area contributed by atoms with Crippen molar-refractivity contribution >= 4 is 76.7 Å². The fourth-order valence-corrected chi connectivity index (χ4v) is 5.12. The SMILES string of the molecule is O=C(CN(Cc1ccc(Cl)c(Cl)c1)S(=O)(=O)c1ccc(Br)cc1)Nc1cccc(Br)c1. The highest BCUT2D eigenvalue weighted by molar-refractivity contribution is 9.10. The maximum Gasteiger partial charge on any atom is 0.243 e. The highest BCUT2D eigenvalue weighted by Crippen LogP contribution is 2.26. The summed E-state index contributed by atoms with van der Waals surface area (Å²) in [4.78, 5) is 12.8. The van der Waals surface area contributed by atoms with E-state index in [0.29, 0.717) is 21.3 Å². The Bertz CT molecular complexity index is 1210. The average molecular weight is 607 g/mol. The van der Waals surface area contributed by atoms with Crippen molar-refractivity contribution in [2.45, 2.75) is 11.4 Å². The number of benzene rings is 3. The normalized spacial score (nSPS) is 11.5. The van der Waals surface area contributed by atoms with Gasteiger partial charge in [-0.2, -0.15) is 4.31 Å². The first-order valence-electron chi connectivity index (χ1n) is 8.90. The molecule has 31 heavy (non-hydrogen) atoms. The second-order valence-corrected chi connectivity index (χ2v) is 11.1. The summed E-state index contributed by atoms with van der Waals surface area (Å²) in [6.07, 6.45) is 0. The van der Waals surface area contributed by atoms with Crippen molar-refractivity contribution in [3.05, 3.63) is 91.3 Å². The van der Waals surface area contributed by atoms with Crippen LogP contribution in [-0.2, 0) is 21.4 Å². The number of anilines is 1. The van der Waals surface area contributed by atoms with Crippen LogP contribution in [0.1, 0.15) is 5.56 Å². The molecule has 0 unspecified atom stereocenters. The number of carbonyl (C=O) groups excluding carboxylic acids is 1. The van der Waals surface area contributed by atoms with Gasteiger partial charge in [-0.05, 0) is 60.2 Å². The Balaban J connectivity index is 1.90. The Hall–Kier alpha value is -1.42. The van der Waals surface area contributed by atoms with Gasteiger partial charge >= 0.3 is 0 Å². The second kappa shape index (κ2) is 10.5. The highest BCUT2D eigenvalue weighted by Gasteiger charge is 2.27. The molecule has 0 aromatic heterocycles. The number of sulfonamides is 1. The first-order chi connectivity index (χ1) is 14.6. The Kier molecular flexibility index (Phi) is 8.18. The molecule has 0 aliphatic rings. The Labute approximate surface area is 207 Å². The lowest BCUT2D eigenvalue weighted by atomic mass is 10.2. The van der Waals surface area contributed by atoms with Crippen LogP contribution in [-0.4, -0.2) is 25.2 Å². The summed E-state index contributed by atoms with van der Waals surface area (Å²) in [7, 11) is -3.97. The summed E-state index contributed by atoms with van der Waals surface area (Å²) >= 11 is 18.7. The van der Waals surface area contributed by atoms with Gasteiger partial charge in [0.15, 0.2) is 0 Å². The van der Waals surface area contributed by atoms with Crippen LogP contribution in [0.2, 0.25) is 10.0 Å². The molecule has 3 rings (SSSR count). The molecule has 5 nitrogen and oxygen atoms in total. The number of nitrogens with one attached hydrogen (secondary N) is 1. The van der Waals surface area contributed by atoms with E-state index >= 15 is 0 Å². The van der Waals surface area contributed by atoms with Gasteiger partial charge in [-0.15, -0.1) is 0 Å². The summed E-state index contributed by atoms with van der Waals surface area (Å²) in [5.74, 6) is -0.473. The van der Waals surface area contributed by atoms with E-state index in [9.17, 15) is 13.2 Å². The molecule has 162 valence electrons. The minimum Gasteiger partial charge on any atom is -0.325 e. The lowest BCUT2D eigenvalue weighted by molar-refractivity contribution is -0.116. The summed E-state index contributed by atoms with van der Waals surface area (Å²) in [6, 6.07) is 18.1. The van der Waals surface area contributed by atoms with Crippen LogP contribution < -0.4 is 5.32 Å². The summed E-state index contributed by atoms with van der Waals surface area (Å²) in [6.45, 7) is -0.438. The van der Waals surface area contributed by atoms with Gasteiger partial charge in [-0.25, -0.2) is 8.42 Å². The van der Waals surface area contributed by atoms with Crippen molar-refractivity contribution in [1.82, 2.24) is 4.31 Å². The van der Waals surface area contributed by atoms with E-state index in [4.69, 9.17) is 23.2 Å². The molecule has 10 heteroatoms. The third-order valence-electron chi connectivity index (χ3n) is 4.22. The maximum absolute atomic E-state index is 13.3. The summed E-state index contributed by atoms with van der Waals surface area (Å²) in [5.41, 5.74) is 1.15. The Morgan fingerprint density at radius 3 is 2.26 bits per heavy atom. The third kappa shape index (κ3) is 6.54. The first kappa shape index (κ1) is 24.2. The fraction of sp³-hybridized carbons (Fsp3) is 0.0952. The zero-order valence-corrected chi connectivity index (χ0v) is 21.4. The van der Waals surface area contributed by atoms with Crippen LogP contribution in [0.3, 0.4) is 0 Å². The molecule has 0 aliphatic carbocycles. The number of amides is 1. The van der Waals surface area contributed by atoms with Gasteiger partial charge in [0.25, 0.3) is 0 Å². The molecule has 1 amide bonds. The van der Waals surface area contributed by atoms with Crippen molar-refractivity contribution < 1.29 is 13.2 Å². The molecule has 0 heterocycles. The number of hydrogen-bond donors (Lipinski definition) is 1. The van der Waals surface area contributed by atoms with Crippen LogP contribution >= 0.6 is 55.1 Å². The monoisotopic (exact) mass is 604 g/mol. The third-order valence-corrected chi connectivity index (χ3v) is 7.79. The van der Waals surface area contributed by atoms with Crippen molar-refractivity contribution in [2.24, 2.45) is 0 Å². The van der Waals surface area contributed by atoms with Crippen LogP contribution in [0, 0.1) is 0 Å². The smallest absolute Gasteiger partial charge is 0.243 e. The van der Waals surface area contributed by atoms with Crippen molar-refractivity contribution in [3.63, 3.8) is 0 Å². The molecule has 0 spiro atoms. The van der Waals surface area contributed by atoms with Crippen molar-refractivity contribution in [3.8, 4) is 0 Å². The Morgan fingerprint density at radius 2 is 1.61 bits per heavy atom. The largest absolute Gasteiger partial charge is 0.325 e. The predicted octanol–water partition coefficient (Wildman–Crippen LogP) is 6.35. The minimum absolute atomic E-state index is 0.0544. The van der Waals surface area contributed by atoms with E-state index in [1.165, 1.54) is 12.1 Å². The molecule has 0 radical (unpaired) electrons. The van der Waals surface area contributed by atoms with E-state index in [-0.39, 0.29) is 18.0 Å². The molecule has 0 aliphatic heterocycles. The number of halogens is 4. The second-order valence-electron chi connectivity index (χ2n) is 6.53. The lowest BCUT2D eigenvalue weighted by Gasteiger charge is -2.22. The van der Waals surface area contributed by atoms with E-state index in [1.807, 2.05) is 6.07 Å².